The van der Waals surface area contributed by atoms with Crippen molar-refractivity contribution in [3.8, 4) is 0 Å². The first-order chi connectivity index (χ1) is 4.81. The van der Waals surface area contributed by atoms with Gasteiger partial charge in [-0.1, -0.05) is 13.8 Å². The van der Waals surface area contributed by atoms with Crippen LogP contribution < -0.4 is 0 Å². The molecular formula is C9H16O. The van der Waals surface area contributed by atoms with Crippen LogP contribution in [0.2, 0.25) is 0 Å². The Labute approximate surface area is 63.1 Å². The lowest BCUT2D eigenvalue weighted by atomic mass is 10.1. The average Bonchev–Trinajstić information content (AvgIpc) is 1.89. The van der Waals surface area contributed by atoms with Crippen LogP contribution >= 0.6 is 0 Å². The molecule has 1 atom stereocenters. The summed E-state index contributed by atoms with van der Waals surface area (Å²) in [6.45, 7) is 4.43. The van der Waals surface area contributed by atoms with Gasteiger partial charge in [0.25, 0.3) is 0 Å². The topological polar surface area (TPSA) is 20.2 Å². The van der Waals surface area contributed by atoms with E-state index in [0.717, 1.165) is 12.8 Å². The lowest BCUT2D eigenvalue weighted by Crippen LogP contribution is -1.92. The fraction of sp³-hybridized carbons (Fsp3) is 0.667. The molecule has 1 heteroatoms. The van der Waals surface area contributed by atoms with Gasteiger partial charge >= 0.3 is 0 Å². The van der Waals surface area contributed by atoms with Gasteiger partial charge in [-0.15, -0.1) is 5.73 Å². The van der Waals surface area contributed by atoms with E-state index < -0.39 is 0 Å². The van der Waals surface area contributed by atoms with Crippen LogP contribution in [0.3, 0.4) is 0 Å². The number of hydrogen-bond acceptors (Lipinski definition) is 1. The van der Waals surface area contributed by atoms with Gasteiger partial charge in [-0.05, 0) is 30.9 Å². The van der Waals surface area contributed by atoms with Gasteiger partial charge < -0.3 is 5.11 Å². The third-order valence-corrected chi connectivity index (χ3v) is 1.29. The summed E-state index contributed by atoms with van der Waals surface area (Å²) in [6, 6.07) is 0. The van der Waals surface area contributed by atoms with Crippen LogP contribution in [0.15, 0.2) is 17.9 Å². The zero-order chi connectivity index (χ0) is 7.82. The van der Waals surface area contributed by atoms with Gasteiger partial charge in [0.15, 0.2) is 0 Å². The lowest BCUT2D eigenvalue weighted by molar-refractivity contribution is 0.274. The largest absolute Gasteiger partial charge is 0.396 e. The molecule has 0 aromatic rings. The Morgan fingerprint density at radius 2 is 2.30 bits per heavy atom. The molecule has 10 heavy (non-hydrogen) atoms. The normalized spacial score (nSPS) is 11.9. The molecule has 0 amide bonds. The van der Waals surface area contributed by atoms with E-state index in [1.54, 1.807) is 0 Å². The van der Waals surface area contributed by atoms with E-state index in [1.165, 1.54) is 0 Å². The summed E-state index contributed by atoms with van der Waals surface area (Å²) >= 11 is 0. The molecule has 0 saturated heterocycles. The molecule has 0 fully saturated rings. The van der Waals surface area contributed by atoms with Crippen LogP contribution in [-0.4, -0.2) is 11.7 Å². The minimum absolute atomic E-state index is 0.269. The summed E-state index contributed by atoms with van der Waals surface area (Å²) in [5.41, 5.74) is 3.06. The first kappa shape index (κ1) is 9.48. The summed E-state index contributed by atoms with van der Waals surface area (Å²) < 4.78 is 0. The molecule has 0 saturated carbocycles. The molecule has 0 rings (SSSR count). The highest BCUT2D eigenvalue weighted by atomic mass is 16.2. The van der Waals surface area contributed by atoms with Crippen LogP contribution in [0.1, 0.15) is 26.7 Å². The van der Waals surface area contributed by atoms with Gasteiger partial charge in [-0.3, -0.25) is 0 Å². The Morgan fingerprint density at radius 1 is 1.60 bits per heavy atom. The number of rotatable bonds is 4. The van der Waals surface area contributed by atoms with E-state index >= 15 is 0 Å². The third-order valence-electron chi connectivity index (χ3n) is 1.29. The van der Waals surface area contributed by atoms with Crippen molar-refractivity contribution in [1.29, 1.82) is 0 Å². The molecule has 0 aromatic heterocycles. The SMILES string of the molecule is CCC=C=CC(C)CCO. The minimum Gasteiger partial charge on any atom is -0.396 e. The molecule has 1 N–H and O–H groups in total. The highest BCUT2D eigenvalue weighted by Crippen LogP contribution is 2.00. The smallest absolute Gasteiger partial charge is 0.0436 e. The molecule has 0 radical (unpaired) electrons. The van der Waals surface area contributed by atoms with Crippen LogP contribution in [0.5, 0.6) is 0 Å². The van der Waals surface area contributed by atoms with Gasteiger partial charge in [0.1, 0.15) is 0 Å². The molecule has 0 aliphatic rings. The van der Waals surface area contributed by atoms with Crippen molar-refractivity contribution in [3.05, 3.63) is 17.9 Å². The molecule has 58 valence electrons. The highest BCUT2D eigenvalue weighted by molar-refractivity contribution is 4.87. The van der Waals surface area contributed by atoms with Gasteiger partial charge in [0.05, 0.1) is 0 Å². The van der Waals surface area contributed by atoms with Gasteiger partial charge in [0, 0.05) is 6.61 Å². The summed E-state index contributed by atoms with van der Waals surface area (Å²) in [5, 5.41) is 8.54. The molecule has 0 spiro atoms. The monoisotopic (exact) mass is 140 g/mol. The van der Waals surface area contributed by atoms with Crippen molar-refractivity contribution in [3.63, 3.8) is 0 Å². The molecule has 1 unspecified atom stereocenters. The van der Waals surface area contributed by atoms with Crippen LogP contribution in [0.25, 0.3) is 0 Å². The molecular weight excluding hydrogens is 124 g/mol. The van der Waals surface area contributed by atoms with E-state index in [4.69, 9.17) is 5.11 Å². The van der Waals surface area contributed by atoms with Crippen LogP contribution in [-0.2, 0) is 0 Å². The van der Waals surface area contributed by atoms with E-state index in [9.17, 15) is 0 Å². The Kier molecular flexibility index (Phi) is 6.25. The molecule has 0 aromatic carbocycles. The quantitative estimate of drug-likeness (QED) is 0.593. The van der Waals surface area contributed by atoms with E-state index in [0.29, 0.717) is 5.92 Å². The maximum atomic E-state index is 8.54. The van der Waals surface area contributed by atoms with Crippen molar-refractivity contribution < 1.29 is 5.11 Å². The van der Waals surface area contributed by atoms with Crippen molar-refractivity contribution in [2.45, 2.75) is 26.7 Å². The summed E-state index contributed by atoms with van der Waals surface area (Å²) in [6.07, 6.45) is 5.86. The summed E-state index contributed by atoms with van der Waals surface area (Å²) in [7, 11) is 0. The highest BCUT2D eigenvalue weighted by Gasteiger charge is 1.91. The van der Waals surface area contributed by atoms with Crippen molar-refractivity contribution in [2.24, 2.45) is 5.92 Å². The summed E-state index contributed by atoms with van der Waals surface area (Å²) in [5.74, 6) is 0.452. The van der Waals surface area contributed by atoms with E-state index in [2.05, 4.69) is 19.6 Å². The number of aliphatic hydroxyl groups is 1. The standard InChI is InChI=1S/C9H16O/c1-3-4-5-6-9(2)7-8-10/h4,6,9-10H,3,7-8H2,1-2H3. The van der Waals surface area contributed by atoms with Crippen LogP contribution in [0, 0.1) is 5.92 Å². The Hall–Kier alpha value is -0.520. The predicted octanol–water partition coefficient (Wildman–Crippen LogP) is 2.13. The predicted molar refractivity (Wildman–Crippen MR) is 43.8 cm³/mol. The molecule has 0 bridgehead atoms. The Bertz CT molecular complexity index is 121. The van der Waals surface area contributed by atoms with E-state index in [1.807, 2.05) is 12.2 Å². The molecule has 0 heterocycles. The van der Waals surface area contributed by atoms with Crippen LogP contribution in [0.4, 0.5) is 0 Å². The molecule has 1 nitrogen and oxygen atoms in total. The zero-order valence-corrected chi connectivity index (χ0v) is 6.80. The fourth-order valence-corrected chi connectivity index (χ4v) is 0.637. The number of hydrogen-bond donors (Lipinski definition) is 1. The summed E-state index contributed by atoms with van der Waals surface area (Å²) in [4.78, 5) is 0. The van der Waals surface area contributed by atoms with Crippen molar-refractivity contribution in [2.75, 3.05) is 6.61 Å². The minimum atomic E-state index is 0.269. The first-order valence-corrected chi connectivity index (χ1v) is 3.83. The first-order valence-electron chi connectivity index (χ1n) is 3.83. The Balaban J connectivity index is 3.54. The maximum absolute atomic E-state index is 8.54. The fourth-order valence-electron chi connectivity index (χ4n) is 0.637. The van der Waals surface area contributed by atoms with Crippen molar-refractivity contribution in [1.82, 2.24) is 0 Å². The third kappa shape index (κ3) is 5.61. The van der Waals surface area contributed by atoms with Gasteiger partial charge in [-0.25, -0.2) is 0 Å². The second kappa shape index (κ2) is 6.60. The van der Waals surface area contributed by atoms with Crippen molar-refractivity contribution >= 4 is 0 Å². The zero-order valence-electron chi connectivity index (χ0n) is 6.80. The second-order valence-electron chi connectivity index (χ2n) is 2.44. The molecule has 0 aliphatic heterocycles. The lowest BCUT2D eigenvalue weighted by Gasteiger charge is -1.98. The van der Waals surface area contributed by atoms with Gasteiger partial charge in [0.2, 0.25) is 0 Å². The van der Waals surface area contributed by atoms with Gasteiger partial charge in [-0.2, -0.15) is 0 Å². The second-order valence-corrected chi connectivity index (χ2v) is 2.44. The average molecular weight is 140 g/mol. The van der Waals surface area contributed by atoms with E-state index in [-0.39, 0.29) is 6.61 Å². The number of allylic oxidation sites excluding steroid dienone is 1. The maximum Gasteiger partial charge on any atom is 0.0436 e. The Morgan fingerprint density at radius 3 is 2.80 bits per heavy atom. The number of aliphatic hydroxyl groups excluding tert-OH is 1. The molecule has 0 aliphatic carbocycles.